The summed E-state index contributed by atoms with van der Waals surface area (Å²) in [5.74, 6) is 3.58. The van der Waals surface area contributed by atoms with E-state index in [0.717, 1.165) is 15.5 Å². The summed E-state index contributed by atoms with van der Waals surface area (Å²) < 4.78 is 20.4. The number of carbonyl (C=O) groups excluding carboxylic acids is 1. The van der Waals surface area contributed by atoms with Gasteiger partial charge < -0.3 is 18.9 Å². The maximum absolute atomic E-state index is 11.2. The van der Waals surface area contributed by atoms with Crippen molar-refractivity contribution in [2.24, 2.45) is 0 Å². The van der Waals surface area contributed by atoms with Gasteiger partial charge >= 0.3 is 0 Å². The highest BCUT2D eigenvalue weighted by Crippen LogP contribution is 2.32. The average molecular weight is 411 g/mol. The third-order valence-corrected chi connectivity index (χ3v) is 4.85. The third kappa shape index (κ3) is 7.64. The molecule has 0 aliphatic carbocycles. The van der Waals surface area contributed by atoms with Gasteiger partial charge in [0.2, 0.25) is 0 Å². The Labute approximate surface area is 170 Å². The first-order valence-electron chi connectivity index (χ1n) is 8.26. The van der Waals surface area contributed by atoms with Crippen LogP contribution < -0.4 is 18.9 Å². The van der Waals surface area contributed by atoms with Gasteiger partial charge in [-0.2, -0.15) is 0 Å². The zero-order chi connectivity index (χ0) is 20.2. The van der Waals surface area contributed by atoms with Crippen LogP contribution in [-0.4, -0.2) is 40.0 Å². The third-order valence-electron chi connectivity index (χ3n) is 3.52. The van der Waals surface area contributed by atoms with E-state index in [1.165, 1.54) is 11.8 Å². The second-order valence-corrected chi connectivity index (χ2v) is 6.80. The number of carbonyl (C=O) groups is 1. The summed E-state index contributed by atoms with van der Waals surface area (Å²) >= 11 is 5.68. The number of thioether (sulfide) groups is 1. The van der Waals surface area contributed by atoms with Crippen LogP contribution in [0.15, 0.2) is 46.2 Å². The van der Waals surface area contributed by atoms with Crippen LogP contribution in [0.2, 0.25) is 0 Å². The first-order valence-corrected chi connectivity index (χ1v) is 9.69. The van der Waals surface area contributed by atoms with Gasteiger partial charge in [0.25, 0.3) is 0 Å². The lowest BCUT2D eigenvalue weighted by Crippen LogP contribution is -1.98. The van der Waals surface area contributed by atoms with Gasteiger partial charge in [0.15, 0.2) is 23.0 Å². The minimum absolute atomic E-state index is 0.250. The van der Waals surface area contributed by atoms with Crippen molar-refractivity contribution in [3.63, 3.8) is 0 Å². The Morgan fingerprint density at radius 3 is 1.89 bits per heavy atom. The molecule has 0 bridgehead atoms. The molecule has 0 aliphatic rings. The highest BCUT2D eigenvalue weighted by Gasteiger charge is 2.06. The molecule has 0 saturated carbocycles. The highest BCUT2D eigenvalue weighted by atomic mass is 32.2. The summed E-state index contributed by atoms with van der Waals surface area (Å²) in [4.78, 5) is 13.1. The first kappa shape index (κ1) is 23.0. The molecule has 27 heavy (non-hydrogen) atoms. The molecule has 148 valence electrons. The minimum atomic E-state index is 0.250. The Bertz CT molecular complexity index is 734. The van der Waals surface area contributed by atoms with Crippen LogP contribution in [0.3, 0.4) is 0 Å². The maximum Gasteiger partial charge on any atom is 0.161 e. The van der Waals surface area contributed by atoms with Crippen LogP contribution in [0.5, 0.6) is 23.0 Å². The zero-order valence-electron chi connectivity index (χ0n) is 16.3. The second kappa shape index (κ2) is 12.4. The Balaban J connectivity index is 0.000000289. The fourth-order valence-electron chi connectivity index (χ4n) is 2.00. The van der Waals surface area contributed by atoms with Crippen molar-refractivity contribution in [2.45, 2.75) is 23.1 Å². The molecule has 0 saturated heterocycles. The van der Waals surface area contributed by atoms with Crippen LogP contribution in [0.25, 0.3) is 0 Å². The number of benzene rings is 2. The quantitative estimate of drug-likeness (QED) is 0.500. The molecule has 0 spiro atoms. The maximum atomic E-state index is 11.2. The number of rotatable bonds is 8. The molecule has 0 heterocycles. The fraction of sp³-hybridized carbons (Fsp3) is 0.350. The molecular formula is C20H26O5S2. The molecule has 2 aromatic carbocycles. The van der Waals surface area contributed by atoms with Gasteiger partial charge in [-0.25, -0.2) is 0 Å². The van der Waals surface area contributed by atoms with Crippen molar-refractivity contribution in [1.82, 2.24) is 0 Å². The number of hydrogen-bond acceptors (Lipinski definition) is 7. The Morgan fingerprint density at radius 2 is 1.37 bits per heavy atom. The van der Waals surface area contributed by atoms with E-state index >= 15 is 0 Å². The lowest BCUT2D eigenvalue weighted by Gasteiger charge is -2.08. The molecule has 5 nitrogen and oxygen atoms in total. The standard InChI is InChI=1S/C12H16O3S.C8H10O2S/c1-4-9(13)8-16-10-5-6-11(14-2)12(7-10)15-3;1-9-7-4-3-6(11)5-8(7)10-2/h5-7H,4,8H2,1-3H3;3-5,11H,1-2H3. The van der Waals surface area contributed by atoms with Crippen molar-refractivity contribution in [2.75, 3.05) is 34.2 Å². The van der Waals surface area contributed by atoms with Crippen molar-refractivity contribution >= 4 is 30.2 Å². The predicted molar refractivity (Wildman–Crippen MR) is 112 cm³/mol. The molecule has 2 aromatic rings. The topological polar surface area (TPSA) is 54.0 Å². The molecule has 2 rings (SSSR count). The molecule has 0 atom stereocenters. The normalized spacial score (nSPS) is 9.70. The van der Waals surface area contributed by atoms with Crippen molar-refractivity contribution in [3.05, 3.63) is 36.4 Å². The van der Waals surface area contributed by atoms with Crippen LogP contribution in [0.4, 0.5) is 0 Å². The van der Waals surface area contributed by atoms with Gasteiger partial charge in [0.1, 0.15) is 5.78 Å². The Kier molecular flexibility index (Phi) is 10.6. The first-order chi connectivity index (χ1) is 13.0. The van der Waals surface area contributed by atoms with Gasteiger partial charge in [-0.1, -0.05) is 6.92 Å². The number of ketones is 1. The van der Waals surface area contributed by atoms with Crippen LogP contribution >= 0.6 is 24.4 Å². The van der Waals surface area contributed by atoms with Gasteiger partial charge in [-0.3, -0.25) is 4.79 Å². The average Bonchev–Trinajstić information content (AvgIpc) is 2.71. The summed E-state index contributed by atoms with van der Waals surface area (Å²) in [6.07, 6.45) is 0.584. The smallest absolute Gasteiger partial charge is 0.161 e. The highest BCUT2D eigenvalue weighted by molar-refractivity contribution is 8.00. The van der Waals surface area contributed by atoms with Crippen LogP contribution in [0, 0.1) is 0 Å². The van der Waals surface area contributed by atoms with E-state index in [2.05, 4.69) is 12.6 Å². The van der Waals surface area contributed by atoms with Gasteiger partial charge in [-0.05, 0) is 36.4 Å². The van der Waals surface area contributed by atoms with E-state index < -0.39 is 0 Å². The molecule has 0 fully saturated rings. The van der Waals surface area contributed by atoms with E-state index in [1.54, 1.807) is 28.4 Å². The molecule has 7 heteroatoms. The molecule has 0 amide bonds. The summed E-state index contributed by atoms with van der Waals surface area (Å²) in [6.45, 7) is 1.87. The number of Topliss-reactive ketones (excluding diaryl/α,β-unsaturated/α-hetero) is 1. The van der Waals surface area contributed by atoms with Gasteiger partial charge in [-0.15, -0.1) is 24.4 Å². The zero-order valence-corrected chi connectivity index (χ0v) is 18.0. The van der Waals surface area contributed by atoms with Crippen molar-refractivity contribution in [1.29, 1.82) is 0 Å². The van der Waals surface area contributed by atoms with Gasteiger partial charge in [0, 0.05) is 16.2 Å². The predicted octanol–water partition coefficient (Wildman–Crippen LogP) is 4.77. The Morgan fingerprint density at radius 1 is 0.852 bits per heavy atom. The number of methoxy groups -OCH3 is 4. The van der Waals surface area contributed by atoms with Crippen molar-refractivity contribution in [3.8, 4) is 23.0 Å². The van der Waals surface area contributed by atoms with Gasteiger partial charge in [0.05, 0.1) is 34.2 Å². The minimum Gasteiger partial charge on any atom is -0.493 e. The van der Waals surface area contributed by atoms with E-state index in [-0.39, 0.29) is 5.78 Å². The molecule has 0 radical (unpaired) electrons. The lowest BCUT2D eigenvalue weighted by atomic mass is 10.3. The molecule has 0 aliphatic heterocycles. The number of thiol groups is 1. The van der Waals surface area contributed by atoms with E-state index in [9.17, 15) is 4.79 Å². The SMILES string of the molecule is CCC(=O)CSc1ccc(OC)c(OC)c1.COc1ccc(S)cc1OC. The summed E-state index contributed by atoms with van der Waals surface area (Å²) in [5, 5.41) is 0. The largest absolute Gasteiger partial charge is 0.493 e. The van der Waals surface area contributed by atoms with E-state index in [1.807, 2.05) is 43.3 Å². The van der Waals surface area contributed by atoms with E-state index in [4.69, 9.17) is 18.9 Å². The van der Waals surface area contributed by atoms with Crippen molar-refractivity contribution < 1.29 is 23.7 Å². The second-order valence-electron chi connectivity index (χ2n) is 5.24. The number of hydrogen-bond donors (Lipinski definition) is 1. The molecular weight excluding hydrogens is 384 g/mol. The fourth-order valence-corrected chi connectivity index (χ4v) is 3.08. The monoisotopic (exact) mass is 410 g/mol. The summed E-state index contributed by atoms with van der Waals surface area (Å²) in [5.41, 5.74) is 0. The molecule has 0 N–H and O–H groups in total. The van der Waals surface area contributed by atoms with E-state index in [0.29, 0.717) is 29.4 Å². The molecule has 0 unspecified atom stereocenters. The molecule has 0 aromatic heterocycles. The van der Waals surface area contributed by atoms with Crippen LogP contribution in [-0.2, 0) is 4.79 Å². The summed E-state index contributed by atoms with van der Waals surface area (Å²) in [7, 11) is 6.41. The lowest BCUT2D eigenvalue weighted by molar-refractivity contribution is -0.116. The number of ether oxygens (including phenoxy) is 4. The Hall–Kier alpha value is -1.99. The van der Waals surface area contributed by atoms with Crippen LogP contribution in [0.1, 0.15) is 13.3 Å². The summed E-state index contributed by atoms with van der Waals surface area (Å²) in [6, 6.07) is 11.1.